The Bertz CT molecular complexity index is 527. The van der Waals surface area contributed by atoms with Gasteiger partial charge in [-0.05, 0) is 40.5 Å². The van der Waals surface area contributed by atoms with Gasteiger partial charge < -0.3 is 5.11 Å². The summed E-state index contributed by atoms with van der Waals surface area (Å²) >= 11 is 3.24. The van der Waals surface area contributed by atoms with Crippen LogP contribution in [0.15, 0.2) is 22.7 Å². The van der Waals surface area contributed by atoms with Gasteiger partial charge in [-0.15, -0.1) is 0 Å². The minimum Gasteiger partial charge on any atom is -0.481 e. The van der Waals surface area contributed by atoms with Crippen molar-refractivity contribution in [2.45, 2.75) is 13.3 Å². The molecule has 7 heteroatoms. The van der Waals surface area contributed by atoms with E-state index in [0.29, 0.717) is 10.2 Å². The summed E-state index contributed by atoms with van der Waals surface area (Å²) in [6.45, 7) is 1.88. The van der Waals surface area contributed by atoms with E-state index in [1.54, 1.807) is 18.2 Å². The molecule has 0 atom stereocenters. The van der Waals surface area contributed by atoms with Gasteiger partial charge in [0.05, 0.1) is 17.9 Å². The number of hydrogen-bond donors (Lipinski definition) is 2. The quantitative estimate of drug-likeness (QED) is 0.868. The lowest BCUT2D eigenvalue weighted by Gasteiger charge is -2.09. The van der Waals surface area contributed by atoms with Crippen molar-refractivity contribution in [2.75, 3.05) is 10.5 Å². The molecule has 2 N–H and O–H groups in total. The Morgan fingerprint density at radius 2 is 2.12 bits per heavy atom. The van der Waals surface area contributed by atoms with E-state index in [4.69, 9.17) is 5.11 Å². The van der Waals surface area contributed by atoms with Gasteiger partial charge in [0.15, 0.2) is 0 Å². The smallest absolute Gasteiger partial charge is 0.304 e. The molecule has 0 bridgehead atoms. The molecule has 0 saturated heterocycles. The zero-order valence-corrected chi connectivity index (χ0v) is 11.5. The maximum atomic E-state index is 11.5. The number of carbonyl (C=O) groups is 1. The first kappa shape index (κ1) is 14.0. The Labute approximate surface area is 108 Å². The van der Waals surface area contributed by atoms with Crippen molar-refractivity contribution < 1.29 is 18.3 Å². The SMILES string of the molecule is Cc1ccc(NS(=O)(=O)CCC(=O)O)c(Br)c1. The molecule has 0 saturated carbocycles. The summed E-state index contributed by atoms with van der Waals surface area (Å²) in [7, 11) is -3.63. The molecule has 0 aliphatic heterocycles. The van der Waals surface area contributed by atoms with Gasteiger partial charge in [0.2, 0.25) is 10.0 Å². The molecule has 0 aromatic heterocycles. The van der Waals surface area contributed by atoms with Crippen molar-refractivity contribution in [2.24, 2.45) is 0 Å². The Balaban J connectivity index is 2.79. The third kappa shape index (κ3) is 4.74. The van der Waals surface area contributed by atoms with E-state index in [-0.39, 0.29) is 0 Å². The van der Waals surface area contributed by atoms with Crippen LogP contribution in [0, 0.1) is 6.92 Å². The number of carboxylic acid groups (broad SMARTS) is 1. The topological polar surface area (TPSA) is 83.5 Å². The number of hydrogen-bond acceptors (Lipinski definition) is 3. The van der Waals surface area contributed by atoms with Crippen LogP contribution in [0.2, 0.25) is 0 Å². The lowest BCUT2D eigenvalue weighted by molar-refractivity contribution is -0.136. The molecule has 1 rings (SSSR count). The van der Waals surface area contributed by atoms with E-state index in [2.05, 4.69) is 20.7 Å². The Hall–Kier alpha value is -1.08. The van der Waals surface area contributed by atoms with E-state index >= 15 is 0 Å². The van der Waals surface area contributed by atoms with Crippen molar-refractivity contribution in [1.29, 1.82) is 0 Å². The molecule has 1 aromatic rings. The van der Waals surface area contributed by atoms with Crippen molar-refractivity contribution in [3.8, 4) is 0 Å². The van der Waals surface area contributed by atoms with Crippen molar-refractivity contribution in [3.63, 3.8) is 0 Å². The third-order valence-electron chi connectivity index (χ3n) is 1.97. The molecule has 17 heavy (non-hydrogen) atoms. The second-order valence-electron chi connectivity index (χ2n) is 3.55. The molecule has 0 unspecified atom stereocenters. The fraction of sp³-hybridized carbons (Fsp3) is 0.300. The molecular formula is C10H12BrNO4S. The lowest BCUT2D eigenvalue weighted by atomic mass is 10.2. The average Bonchev–Trinajstić information content (AvgIpc) is 2.20. The summed E-state index contributed by atoms with van der Waals surface area (Å²) in [4.78, 5) is 10.3. The first-order valence-electron chi connectivity index (χ1n) is 4.78. The van der Waals surface area contributed by atoms with Gasteiger partial charge in [-0.2, -0.15) is 0 Å². The van der Waals surface area contributed by atoms with E-state index < -0.39 is 28.2 Å². The maximum Gasteiger partial charge on any atom is 0.304 e. The van der Waals surface area contributed by atoms with Gasteiger partial charge in [0, 0.05) is 4.47 Å². The minimum absolute atomic E-state index is 0.404. The zero-order valence-electron chi connectivity index (χ0n) is 9.10. The van der Waals surface area contributed by atoms with Crippen LogP contribution in [0.4, 0.5) is 5.69 Å². The predicted octanol–water partition coefficient (Wildman–Crippen LogP) is 1.97. The first-order valence-corrected chi connectivity index (χ1v) is 7.23. The summed E-state index contributed by atoms with van der Waals surface area (Å²) in [5.74, 6) is -1.58. The van der Waals surface area contributed by atoms with E-state index in [0.717, 1.165) is 5.56 Å². The van der Waals surface area contributed by atoms with Crippen LogP contribution in [-0.2, 0) is 14.8 Å². The third-order valence-corrected chi connectivity index (χ3v) is 3.90. The molecule has 1 aromatic carbocycles. The Morgan fingerprint density at radius 1 is 1.47 bits per heavy atom. The highest BCUT2D eigenvalue weighted by Gasteiger charge is 2.14. The predicted molar refractivity (Wildman–Crippen MR) is 68.5 cm³/mol. The summed E-state index contributed by atoms with van der Waals surface area (Å²) in [6.07, 6.45) is -0.418. The summed E-state index contributed by atoms with van der Waals surface area (Å²) < 4.78 is 26.0. The van der Waals surface area contributed by atoms with Gasteiger partial charge in [0.1, 0.15) is 0 Å². The van der Waals surface area contributed by atoms with E-state index in [1.165, 1.54) is 0 Å². The summed E-state index contributed by atoms with van der Waals surface area (Å²) in [6, 6.07) is 5.16. The number of benzene rings is 1. The highest BCUT2D eigenvalue weighted by Crippen LogP contribution is 2.24. The number of nitrogens with one attached hydrogen (secondary N) is 1. The average molecular weight is 322 g/mol. The molecule has 0 spiro atoms. The summed E-state index contributed by atoms with van der Waals surface area (Å²) in [5.41, 5.74) is 1.39. The highest BCUT2D eigenvalue weighted by atomic mass is 79.9. The fourth-order valence-electron chi connectivity index (χ4n) is 1.14. The number of sulfonamides is 1. The van der Waals surface area contributed by atoms with Gasteiger partial charge in [0.25, 0.3) is 0 Å². The minimum atomic E-state index is -3.63. The Kier molecular flexibility index (Phi) is 4.53. The van der Waals surface area contributed by atoms with Gasteiger partial charge in [-0.25, -0.2) is 8.42 Å². The largest absolute Gasteiger partial charge is 0.481 e. The van der Waals surface area contributed by atoms with Crippen molar-refractivity contribution in [3.05, 3.63) is 28.2 Å². The summed E-state index contributed by atoms with van der Waals surface area (Å²) in [5, 5.41) is 8.43. The Morgan fingerprint density at radius 3 is 2.65 bits per heavy atom. The molecule has 0 heterocycles. The van der Waals surface area contributed by atoms with E-state index in [9.17, 15) is 13.2 Å². The second-order valence-corrected chi connectivity index (χ2v) is 6.24. The molecule has 0 fully saturated rings. The van der Waals surface area contributed by atoms with Crippen LogP contribution in [-0.4, -0.2) is 25.2 Å². The van der Waals surface area contributed by atoms with Crippen LogP contribution >= 0.6 is 15.9 Å². The van der Waals surface area contributed by atoms with Crippen molar-refractivity contribution in [1.82, 2.24) is 0 Å². The molecule has 0 aliphatic carbocycles. The van der Waals surface area contributed by atoms with Crippen LogP contribution in [0.3, 0.4) is 0 Å². The first-order chi connectivity index (χ1) is 7.80. The van der Waals surface area contributed by atoms with Gasteiger partial charge in [-0.1, -0.05) is 6.07 Å². The number of rotatable bonds is 5. The van der Waals surface area contributed by atoms with Crippen LogP contribution < -0.4 is 4.72 Å². The standard InChI is InChI=1S/C10H12BrNO4S/c1-7-2-3-9(8(11)6-7)12-17(15,16)5-4-10(13)14/h2-3,6,12H,4-5H2,1H3,(H,13,14). The van der Waals surface area contributed by atoms with Gasteiger partial charge in [-0.3, -0.25) is 9.52 Å². The molecular weight excluding hydrogens is 310 g/mol. The normalized spacial score (nSPS) is 11.2. The zero-order chi connectivity index (χ0) is 13.1. The fourth-order valence-corrected chi connectivity index (χ4v) is 2.93. The maximum absolute atomic E-state index is 11.5. The van der Waals surface area contributed by atoms with Crippen molar-refractivity contribution >= 4 is 37.6 Å². The van der Waals surface area contributed by atoms with Crippen LogP contribution in [0.1, 0.15) is 12.0 Å². The molecule has 94 valence electrons. The lowest BCUT2D eigenvalue weighted by Crippen LogP contribution is -2.19. The van der Waals surface area contributed by atoms with Crippen LogP contribution in [0.25, 0.3) is 0 Å². The monoisotopic (exact) mass is 321 g/mol. The van der Waals surface area contributed by atoms with Crippen LogP contribution in [0.5, 0.6) is 0 Å². The molecule has 0 aliphatic rings. The molecule has 5 nitrogen and oxygen atoms in total. The second kappa shape index (κ2) is 5.50. The number of halogens is 1. The molecule has 0 amide bonds. The number of aliphatic carboxylic acids is 1. The number of aryl methyl sites for hydroxylation is 1. The molecule has 0 radical (unpaired) electrons. The number of carboxylic acids is 1. The number of anilines is 1. The van der Waals surface area contributed by atoms with E-state index in [1.807, 2.05) is 6.92 Å². The highest BCUT2D eigenvalue weighted by molar-refractivity contribution is 9.10. The van der Waals surface area contributed by atoms with Gasteiger partial charge >= 0.3 is 5.97 Å².